The molecule has 0 unspecified atom stereocenters. The van der Waals surface area contributed by atoms with Gasteiger partial charge in [-0.3, -0.25) is 9.78 Å². The zero-order valence-corrected chi connectivity index (χ0v) is 21.9. The van der Waals surface area contributed by atoms with Crippen LogP contribution in [0.4, 0.5) is 10.1 Å². The molecule has 0 spiro atoms. The monoisotopic (exact) mass is 530 g/mol. The van der Waals surface area contributed by atoms with Gasteiger partial charge in [-0.15, -0.1) is 0 Å². The molecule has 0 aliphatic carbocycles. The van der Waals surface area contributed by atoms with Gasteiger partial charge in [-0.2, -0.15) is 0 Å². The van der Waals surface area contributed by atoms with Crippen LogP contribution >= 0.6 is 23.4 Å². The van der Waals surface area contributed by atoms with Gasteiger partial charge >= 0.3 is 0 Å². The molecule has 37 heavy (non-hydrogen) atoms. The smallest absolute Gasteiger partial charge is 0.255 e. The number of hydrogen-bond donors (Lipinski definition) is 1. The minimum absolute atomic E-state index is 0.153. The number of aromatic nitrogens is 3. The van der Waals surface area contributed by atoms with Gasteiger partial charge in [0.15, 0.2) is 5.16 Å². The van der Waals surface area contributed by atoms with E-state index in [-0.39, 0.29) is 11.7 Å². The molecule has 5 nitrogen and oxygen atoms in total. The van der Waals surface area contributed by atoms with Gasteiger partial charge in [-0.25, -0.2) is 9.37 Å². The highest BCUT2D eigenvalue weighted by atomic mass is 35.5. The first-order valence-electron chi connectivity index (χ1n) is 11.7. The maximum Gasteiger partial charge on any atom is 0.255 e. The number of rotatable bonds is 7. The summed E-state index contributed by atoms with van der Waals surface area (Å²) in [5.74, 6) is 0.0377. The molecule has 186 valence electrons. The molecule has 5 rings (SSSR count). The van der Waals surface area contributed by atoms with Crippen LogP contribution in [0.3, 0.4) is 0 Å². The third-order valence-electron chi connectivity index (χ3n) is 6.21. The molecule has 0 saturated carbocycles. The Balaban J connectivity index is 1.34. The third-order valence-corrected chi connectivity index (χ3v) is 7.59. The molecule has 0 aliphatic heterocycles. The summed E-state index contributed by atoms with van der Waals surface area (Å²) in [5.41, 5.74) is 7.28. The molecule has 5 aromatic rings. The molecule has 1 N–H and O–H groups in total. The van der Waals surface area contributed by atoms with Crippen LogP contribution in [0.2, 0.25) is 5.02 Å². The Morgan fingerprint density at radius 2 is 1.84 bits per heavy atom. The van der Waals surface area contributed by atoms with Crippen LogP contribution in [0.25, 0.3) is 11.0 Å². The van der Waals surface area contributed by atoms with Gasteiger partial charge in [0.2, 0.25) is 0 Å². The average Bonchev–Trinajstić information content (AvgIpc) is 3.23. The van der Waals surface area contributed by atoms with Crippen molar-refractivity contribution in [3.63, 3.8) is 0 Å². The Kier molecular flexibility index (Phi) is 7.26. The first kappa shape index (κ1) is 25.0. The highest BCUT2D eigenvalue weighted by Gasteiger charge is 2.14. The Hall–Kier alpha value is -3.68. The van der Waals surface area contributed by atoms with Crippen molar-refractivity contribution in [3.05, 3.63) is 118 Å². The summed E-state index contributed by atoms with van der Waals surface area (Å²) in [7, 11) is 0. The van der Waals surface area contributed by atoms with E-state index in [0.29, 0.717) is 22.9 Å². The number of halogens is 2. The standard InChI is InChI=1S/C29H24ClFN4OS/c1-18-3-10-24(13-19(18)2)33-28(36)21-6-4-20(5-7-21)16-35-27-15-32-12-11-26(27)34-29(35)37-17-22-8-9-23(31)14-25(22)30/h3-15H,16-17H2,1-2H3,(H,33,36). The molecule has 0 radical (unpaired) electrons. The average molecular weight is 531 g/mol. The lowest BCUT2D eigenvalue weighted by Gasteiger charge is -2.11. The molecule has 1 amide bonds. The van der Waals surface area contributed by atoms with Gasteiger partial charge in [-0.05, 0) is 78.6 Å². The Labute approximate surface area is 223 Å². The van der Waals surface area contributed by atoms with Crippen LogP contribution < -0.4 is 5.32 Å². The number of nitrogens with one attached hydrogen (secondary N) is 1. The highest BCUT2D eigenvalue weighted by molar-refractivity contribution is 7.98. The van der Waals surface area contributed by atoms with Crippen LogP contribution in [0, 0.1) is 19.7 Å². The van der Waals surface area contributed by atoms with Crippen LogP contribution in [0.15, 0.2) is 84.3 Å². The number of imidazole rings is 1. The summed E-state index contributed by atoms with van der Waals surface area (Å²) in [6.45, 7) is 4.62. The zero-order chi connectivity index (χ0) is 25.9. The Bertz CT molecular complexity index is 1600. The number of carbonyl (C=O) groups is 1. The number of nitrogens with zero attached hydrogens (tertiary/aromatic N) is 3. The predicted octanol–water partition coefficient (Wildman–Crippen LogP) is 7.43. The van der Waals surface area contributed by atoms with E-state index in [9.17, 15) is 9.18 Å². The SMILES string of the molecule is Cc1ccc(NC(=O)c2ccc(Cn3c(SCc4ccc(F)cc4Cl)nc4ccncc43)cc2)cc1C. The second-order valence-electron chi connectivity index (χ2n) is 8.82. The second kappa shape index (κ2) is 10.7. The van der Waals surface area contributed by atoms with Crippen molar-refractivity contribution in [1.82, 2.24) is 14.5 Å². The fourth-order valence-corrected chi connectivity index (χ4v) is 5.29. The van der Waals surface area contributed by atoms with E-state index in [2.05, 4.69) is 14.9 Å². The number of aryl methyl sites for hydroxylation is 2. The molecule has 0 aliphatic rings. The van der Waals surface area contributed by atoms with Crippen molar-refractivity contribution < 1.29 is 9.18 Å². The summed E-state index contributed by atoms with van der Waals surface area (Å²) in [6.07, 6.45) is 3.51. The van der Waals surface area contributed by atoms with E-state index in [1.54, 1.807) is 18.5 Å². The molecule has 0 saturated heterocycles. The first-order valence-corrected chi connectivity index (χ1v) is 13.1. The summed E-state index contributed by atoms with van der Waals surface area (Å²) < 4.78 is 15.5. The van der Waals surface area contributed by atoms with Crippen molar-refractivity contribution in [2.24, 2.45) is 0 Å². The van der Waals surface area contributed by atoms with Crippen LogP contribution in [-0.4, -0.2) is 20.4 Å². The van der Waals surface area contributed by atoms with Crippen LogP contribution in [0.1, 0.15) is 32.6 Å². The van der Waals surface area contributed by atoms with Crippen molar-refractivity contribution in [3.8, 4) is 0 Å². The number of amides is 1. The van der Waals surface area contributed by atoms with E-state index >= 15 is 0 Å². The van der Waals surface area contributed by atoms with E-state index in [1.807, 2.05) is 62.4 Å². The summed E-state index contributed by atoms with van der Waals surface area (Å²) in [5, 5.41) is 4.17. The van der Waals surface area contributed by atoms with Gasteiger partial charge in [0.05, 0.1) is 23.8 Å². The maximum absolute atomic E-state index is 13.4. The number of anilines is 1. The predicted molar refractivity (Wildman–Crippen MR) is 148 cm³/mol. The number of fused-ring (bicyclic) bond motifs is 1. The minimum atomic E-state index is -0.358. The lowest BCUT2D eigenvalue weighted by molar-refractivity contribution is 0.102. The van der Waals surface area contributed by atoms with E-state index in [4.69, 9.17) is 16.6 Å². The maximum atomic E-state index is 13.4. The molecule has 2 aromatic heterocycles. The number of benzene rings is 3. The summed E-state index contributed by atoms with van der Waals surface area (Å²) in [6, 6.07) is 19.7. The highest BCUT2D eigenvalue weighted by Crippen LogP contribution is 2.30. The van der Waals surface area contributed by atoms with E-state index < -0.39 is 0 Å². The lowest BCUT2D eigenvalue weighted by Crippen LogP contribution is -2.12. The van der Waals surface area contributed by atoms with Crippen LogP contribution in [-0.2, 0) is 12.3 Å². The first-order chi connectivity index (χ1) is 17.9. The molecular weight excluding hydrogens is 507 g/mol. The van der Waals surface area contributed by atoms with E-state index in [0.717, 1.165) is 38.6 Å². The van der Waals surface area contributed by atoms with Crippen molar-refractivity contribution in [2.75, 3.05) is 5.32 Å². The summed E-state index contributed by atoms with van der Waals surface area (Å²) in [4.78, 5) is 21.8. The summed E-state index contributed by atoms with van der Waals surface area (Å²) >= 11 is 7.76. The largest absolute Gasteiger partial charge is 0.322 e. The zero-order valence-electron chi connectivity index (χ0n) is 20.3. The Morgan fingerprint density at radius 3 is 2.59 bits per heavy atom. The minimum Gasteiger partial charge on any atom is -0.322 e. The quantitative estimate of drug-likeness (QED) is 0.222. The van der Waals surface area contributed by atoms with Crippen molar-refractivity contribution in [2.45, 2.75) is 31.3 Å². The van der Waals surface area contributed by atoms with Crippen molar-refractivity contribution >= 4 is 46.0 Å². The van der Waals surface area contributed by atoms with E-state index in [1.165, 1.54) is 29.5 Å². The third kappa shape index (κ3) is 5.68. The Morgan fingerprint density at radius 1 is 1.03 bits per heavy atom. The molecule has 2 heterocycles. The molecule has 0 bridgehead atoms. The van der Waals surface area contributed by atoms with Crippen molar-refractivity contribution in [1.29, 1.82) is 0 Å². The van der Waals surface area contributed by atoms with Gasteiger partial charge < -0.3 is 9.88 Å². The van der Waals surface area contributed by atoms with Gasteiger partial charge in [0, 0.05) is 28.2 Å². The fraction of sp³-hybridized carbons (Fsp3) is 0.138. The van der Waals surface area contributed by atoms with Gasteiger partial charge in [-0.1, -0.05) is 47.6 Å². The number of carbonyl (C=O) groups excluding carboxylic acids is 1. The lowest BCUT2D eigenvalue weighted by atomic mass is 10.1. The molecule has 0 fully saturated rings. The van der Waals surface area contributed by atoms with Gasteiger partial charge in [0.1, 0.15) is 5.82 Å². The van der Waals surface area contributed by atoms with Crippen LogP contribution in [0.5, 0.6) is 0 Å². The number of pyridine rings is 1. The number of hydrogen-bond acceptors (Lipinski definition) is 4. The fourth-order valence-electron chi connectivity index (χ4n) is 3.96. The van der Waals surface area contributed by atoms with Gasteiger partial charge in [0.25, 0.3) is 5.91 Å². The topological polar surface area (TPSA) is 59.8 Å². The number of thioether (sulfide) groups is 1. The normalized spacial score (nSPS) is 11.1. The second-order valence-corrected chi connectivity index (χ2v) is 10.2. The molecule has 8 heteroatoms. The molecular formula is C29H24ClFN4OS. The molecule has 3 aromatic carbocycles. The molecule has 0 atom stereocenters.